The molecule has 0 spiro atoms. The highest BCUT2D eigenvalue weighted by molar-refractivity contribution is 7.92. The number of fused-ring (bicyclic) bond motifs is 1. The van der Waals surface area contributed by atoms with E-state index in [2.05, 4.69) is 15.0 Å². The van der Waals surface area contributed by atoms with Crippen LogP contribution in [-0.2, 0) is 26.5 Å². The van der Waals surface area contributed by atoms with Crippen LogP contribution in [0, 0.1) is 0 Å². The summed E-state index contributed by atoms with van der Waals surface area (Å²) in [6.07, 6.45) is 5.80. The van der Waals surface area contributed by atoms with Crippen LogP contribution in [0.3, 0.4) is 0 Å². The molecule has 43 heavy (non-hydrogen) atoms. The smallest absolute Gasteiger partial charge is 0.274 e. The molecule has 2 aromatic heterocycles. The normalized spacial score (nSPS) is 14.2. The first-order chi connectivity index (χ1) is 20.8. The molecule has 1 saturated heterocycles. The number of anilines is 1. The van der Waals surface area contributed by atoms with E-state index >= 15 is 0 Å². The van der Waals surface area contributed by atoms with Crippen molar-refractivity contribution in [3.8, 4) is 28.4 Å². The number of hydrogen-bond donors (Lipinski definition) is 3. The number of ether oxygens (including phenoxy) is 4. The zero-order chi connectivity index (χ0) is 30.2. The monoisotopic (exact) mass is 610 g/mol. The molecule has 1 aliphatic heterocycles. The van der Waals surface area contributed by atoms with E-state index in [0.29, 0.717) is 77.5 Å². The highest BCUT2D eigenvalue weighted by Crippen LogP contribution is 2.39. The van der Waals surface area contributed by atoms with Crippen LogP contribution in [-0.4, -0.2) is 69.3 Å². The minimum absolute atomic E-state index is 0.0630. The van der Waals surface area contributed by atoms with Gasteiger partial charge in [-0.15, -0.1) is 0 Å². The maximum absolute atomic E-state index is 12.7. The fourth-order valence-corrected chi connectivity index (χ4v) is 5.57. The topological polar surface area (TPSA) is 133 Å². The van der Waals surface area contributed by atoms with Gasteiger partial charge in [0, 0.05) is 47.7 Å². The Balaban J connectivity index is 1.29. The molecule has 230 valence electrons. The van der Waals surface area contributed by atoms with E-state index in [0.717, 1.165) is 25.9 Å². The predicted octanol–water partition coefficient (Wildman–Crippen LogP) is 4.25. The van der Waals surface area contributed by atoms with Crippen molar-refractivity contribution in [2.45, 2.75) is 25.9 Å². The molecule has 1 fully saturated rings. The number of pyridine rings is 1. The number of piperidine rings is 1. The lowest BCUT2D eigenvalue weighted by atomic mass is 10.0. The van der Waals surface area contributed by atoms with Gasteiger partial charge in [0.2, 0.25) is 10.0 Å². The van der Waals surface area contributed by atoms with Crippen molar-refractivity contribution >= 4 is 26.6 Å². The molecule has 0 unspecified atom stereocenters. The molecule has 4 aromatic rings. The zero-order valence-electron chi connectivity index (χ0n) is 24.4. The number of aromatic amines is 1. The lowest BCUT2D eigenvalue weighted by molar-refractivity contribution is -0.0115. The third kappa shape index (κ3) is 7.96. The molecule has 11 nitrogen and oxygen atoms in total. The molecule has 1 aliphatic rings. The maximum Gasteiger partial charge on any atom is 0.274 e. The summed E-state index contributed by atoms with van der Waals surface area (Å²) in [6, 6.07) is 14.1. The second kappa shape index (κ2) is 14.1. The second-order valence-corrected chi connectivity index (χ2v) is 12.3. The van der Waals surface area contributed by atoms with Crippen molar-refractivity contribution in [2.24, 2.45) is 7.05 Å². The highest BCUT2D eigenvalue weighted by Gasteiger charge is 2.17. The number of hydrogen-bond acceptors (Lipinski definition) is 8. The van der Waals surface area contributed by atoms with E-state index in [1.165, 1.54) is 4.57 Å². The molecular formula is C31H38N4O7S. The van der Waals surface area contributed by atoms with Gasteiger partial charge in [-0.25, -0.2) is 8.42 Å². The largest absolute Gasteiger partial charge is 0.491 e. The first kappa shape index (κ1) is 30.6. The molecule has 0 saturated carbocycles. The van der Waals surface area contributed by atoms with Crippen LogP contribution in [0.2, 0.25) is 0 Å². The van der Waals surface area contributed by atoms with Gasteiger partial charge < -0.3 is 33.8 Å². The maximum atomic E-state index is 12.7. The van der Waals surface area contributed by atoms with E-state index < -0.39 is 10.0 Å². The van der Waals surface area contributed by atoms with Crippen LogP contribution in [0.1, 0.15) is 19.8 Å². The highest BCUT2D eigenvalue weighted by atomic mass is 32.2. The van der Waals surface area contributed by atoms with Gasteiger partial charge in [0.1, 0.15) is 29.4 Å². The molecule has 3 N–H and O–H groups in total. The Hall–Kier alpha value is -3.84. The molecule has 0 atom stereocenters. The summed E-state index contributed by atoms with van der Waals surface area (Å²) in [6.45, 7) is 5.46. The number of sulfonamides is 1. The Kier molecular flexibility index (Phi) is 10.0. The fraction of sp³-hybridized carbons (Fsp3) is 0.387. The number of H-pyrrole nitrogens is 1. The van der Waals surface area contributed by atoms with Gasteiger partial charge in [0.05, 0.1) is 31.7 Å². The van der Waals surface area contributed by atoms with Crippen molar-refractivity contribution in [3.63, 3.8) is 0 Å². The van der Waals surface area contributed by atoms with Gasteiger partial charge in [-0.2, -0.15) is 0 Å². The summed E-state index contributed by atoms with van der Waals surface area (Å²) in [7, 11) is -1.84. The fourth-order valence-electron chi connectivity index (χ4n) is 4.94. The zero-order valence-corrected chi connectivity index (χ0v) is 25.2. The minimum atomic E-state index is -3.51. The average Bonchev–Trinajstić information content (AvgIpc) is 3.50. The SMILES string of the molecule is CCS(=O)(=O)Nc1ccc(Oc2cccc(OCCOCCOC3CCNCC3)c2)c(-c2cn(C)c(=O)c3[nH]ccc23)c1. The number of aromatic nitrogens is 2. The lowest BCUT2D eigenvalue weighted by Gasteiger charge is -2.22. The summed E-state index contributed by atoms with van der Waals surface area (Å²) in [5.74, 6) is 1.57. The summed E-state index contributed by atoms with van der Waals surface area (Å²) in [4.78, 5) is 15.7. The summed E-state index contributed by atoms with van der Waals surface area (Å²) in [5.41, 5.74) is 1.99. The van der Waals surface area contributed by atoms with Gasteiger partial charge >= 0.3 is 0 Å². The van der Waals surface area contributed by atoms with Gasteiger partial charge in [-0.05, 0) is 69.3 Å². The minimum Gasteiger partial charge on any atom is -0.491 e. The van der Waals surface area contributed by atoms with E-state index in [1.807, 2.05) is 24.3 Å². The molecule has 0 radical (unpaired) electrons. The van der Waals surface area contributed by atoms with Gasteiger partial charge in [0.15, 0.2) is 0 Å². The Morgan fingerprint density at radius 1 is 0.977 bits per heavy atom. The number of rotatable bonds is 14. The number of benzene rings is 2. The van der Waals surface area contributed by atoms with Crippen LogP contribution < -0.4 is 25.1 Å². The lowest BCUT2D eigenvalue weighted by Crippen LogP contribution is -2.33. The first-order valence-corrected chi connectivity index (χ1v) is 16.1. The first-order valence-electron chi connectivity index (χ1n) is 14.5. The Labute approximate surface area is 251 Å². The van der Waals surface area contributed by atoms with E-state index in [9.17, 15) is 13.2 Å². The van der Waals surface area contributed by atoms with Crippen LogP contribution in [0.4, 0.5) is 5.69 Å². The average molecular weight is 611 g/mol. The van der Waals surface area contributed by atoms with Crippen molar-refractivity contribution in [1.82, 2.24) is 14.9 Å². The number of nitrogens with one attached hydrogen (secondary N) is 3. The number of nitrogens with zero attached hydrogens (tertiary/aromatic N) is 1. The summed E-state index contributed by atoms with van der Waals surface area (Å²) < 4.78 is 52.4. The summed E-state index contributed by atoms with van der Waals surface area (Å²) in [5, 5.41) is 4.02. The third-order valence-electron chi connectivity index (χ3n) is 7.21. The van der Waals surface area contributed by atoms with Crippen molar-refractivity contribution in [3.05, 3.63) is 71.3 Å². The standard InChI is InChI=1S/C31H38N4O7S/c1-3-43(37,38)34-22-7-8-29(27(19-22)28-21-35(2)31(36)30-26(28)11-14-33-30)42-25-6-4-5-24(20-25)41-18-16-39-15-17-40-23-9-12-32-13-10-23/h4-8,11,14,19-21,23,32-34H,3,9-10,12-13,15-18H2,1-2H3. The van der Waals surface area contributed by atoms with Gasteiger partial charge in [-0.1, -0.05) is 6.07 Å². The predicted molar refractivity (Wildman–Crippen MR) is 167 cm³/mol. The quantitative estimate of drug-likeness (QED) is 0.181. The third-order valence-corrected chi connectivity index (χ3v) is 8.52. The number of aryl methyl sites for hydroxylation is 1. The Morgan fingerprint density at radius 3 is 2.58 bits per heavy atom. The Bertz CT molecular complexity index is 1690. The summed E-state index contributed by atoms with van der Waals surface area (Å²) >= 11 is 0. The van der Waals surface area contributed by atoms with Crippen LogP contribution in [0.15, 0.2) is 65.7 Å². The van der Waals surface area contributed by atoms with Crippen LogP contribution in [0.25, 0.3) is 22.0 Å². The molecule has 2 aromatic carbocycles. The van der Waals surface area contributed by atoms with Crippen molar-refractivity contribution in [1.29, 1.82) is 0 Å². The van der Waals surface area contributed by atoms with E-state index in [4.69, 9.17) is 18.9 Å². The Morgan fingerprint density at radius 2 is 1.77 bits per heavy atom. The molecule has 0 amide bonds. The second-order valence-electron chi connectivity index (χ2n) is 10.3. The molecule has 12 heteroatoms. The molecule has 0 bridgehead atoms. The molecule has 5 rings (SSSR count). The molecule has 3 heterocycles. The van der Waals surface area contributed by atoms with Crippen LogP contribution >= 0.6 is 0 Å². The van der Waals surface area contributed by atoms with Gasteiger partial charge in [-0.3, -0.25) is 9.52 Å². The molecular weight excluding hydrogens is 572 g/mol. The van der Waals surface area contributed by atoms with Crippen LogP contribution in [0.5, 0.6) is 17.2 Å². The van der Waals surface area contributed by atoms with E-state index in [-0.39, 0.29) is 11.3 Å². The molecule has 0 aliphatic carbocycles. The van der Waals surface area contributed by atoms with Crippen molar-refractivity contribution in [2.75, 3.05) is 50.0 Å². The van der Waals surface area contributed by atoms with Crippen molar-refractivity contribution < 1.29 is 27.4 Å². The van der Waals surface area contributed by atoms with Gasteiger partial charge in [0.25, 0.3) is 5.56 Å². The van der Waals surface area contributed by atoms with E-state index in [1.54, 1.807) is 50.6 Å².